The van der Waals surface area contributed by atoms with Gasteiger partial charge in [-0.15, -0.1) is 11.8 Å². The third-order valence-corrected chi connectivity index (χ3v) is 5.07. The SMILES string of the molecule is CSc1ccc(Cl)c(C(=O)NC(c2ccc(F)cc2)c2nccn2C)c1. The molecule has 1 N–H and O–H groups in total. The van der Waals surface area contributed by atoms with Gasteiger partial charge in [0, 0.05) is 24.3 Å². The number of halogens is 2. The topological polar surface area (TPSA) is 46.9 Å². The zero-order valence-electron chi connectivity index (χ0n) is 14.2. The lowest BCUT2D eigenvalue weighted by molar-refractivity contribution is 0.0941. The van der Waals surface area contributed by atoms with Crippen LogP contribution in [0.3, 0.4) is 0 Å². The van der Waals surface area contributed by atoms with Crippen LogP contribution in [0.15, 0.2) is 59.8 Å². The molecule has 0 aliphatic heterocycles. The summed E-state index contributed by atoms with van der Waals surface area (Å²) >= 11 is 7.74. The van der Waals surface area contributed by atoms with Gasteiger partial charge in [0.05, 0.1) is 10.6 Å². The summed E-state index contributed by atoms with van der Waals surface area (Å²) < 4.78 is 15.1. The van der Waals surface area contributed by atoms with Crippen molar-refractivity contribution in [2.24, 2.45) is 7.05 Å². The Balaban J connectivity index is 1.97. The number of aryl methyl sites for hydroxylation is 1. The molecule has 1 heterocycles. The number of thioether (sulfide) groups is 1. The summed E-state index contributed by atoms with van der Waals surface area (Å²) in [4.78, 5) is 18.1. The molecule has 0 radical (unpaired) electrons. The first-order valence-corrected chi connectivity index (χ1v) is 9.47. The largest absolute Gasteiger partial charge is 0.338 e. The third kappa shape index (κ3) is 3.92. The highest BCUT2D eigenvalue weighted by atomic mass is 35.5. The number of benzene rings is 2. The number of aromatic nitrogens is 2. The summed E-state index contributed by atoms with van der Waals surface area (Å²) in [6, 6.07) is 10.8. The molecule has 3 rings (SSSR count). The van der Waals surface area contributed by atoms with Crippen molar-refractivity contribution in [2.45, 2.75) is 10.9 Å². The van der Waals surface area contributed by atoms with Crippen molar-refractivity contribution < 1.29 is 9.18 Å². The van der Waals surface area contributed by atoms with Crippen LogP contribution >= 0.6 is 23.4 Å². The fourth-order valence-electron chi connectivity index (χ4n) is 2.62. The average Bonchev–Trinajstić information content (AvgIpc) is 3.06. The lowest BCUT2D eigenvalue weighted by atomic mass is 10.1. The summed E-state index contributed by atoms with van der Waals surface area (Å²) in [7, 11) is 1.84. The van der Waals surface area contributed by atoms with Gasteiger partial charge in [0.15, 0.2) is 0 Å². The monoisotopic (exact) mass is 389 g/mol. The fraction of sp³-hybridized carbons (Fsp3) is 0.158. The predicted molar refractivity (Wildman–Crippen MR) is 102 cm³/mol. The van der Waals surface area contributed by atoms with E-state index in [1.807, 2.05) is 23.9 Å². The van der Waals surface area contributed by atoms with E-state index in [1.165, 1.54) is 23.9 Å². The Morgan fingerprint density at radius 3 is 2.62 bits per heavy atom. The van der Waals surface area contributed by atoms with Gasteiger partial charge in [-0.3, -0.25) is 4.79 Å². The number of imidazole rings is 1. The van der Waals surface area contributed by atoms with E-state index in [0.717, 1.165) is 10.5 Å². The molecule has 0 aliphatic carbocycles. The van der Waals surface area contributed by atoms with Gasteiger partial charge in [-0.05, 0) is 42.2 Å². The van der Waals surface area contributed by atoms with Crippen LogP contribution in [0, 0.1) is 5.82 Å². The maximum absolute atomic E-state index is 13.3. The third-order valence-electron chi connectivity index (χ3n) is 4.01. The van der Waals surface area contributed by atoms with Gasteiger partial charge in [-0.2, -0.15) is 0 Å². The van der Waals surface area contributed by atoms with Crippen LogP contribution in [0.1, 0.15) is 27.8 Å². The van der Waals surface area contributed by atoms with Crippen LogP contribution < -0.4 is 5.32 Å². The summed E-state index contributed by atoms with van der Waals surface area (Å²) in [6.45, 7) is 0. The molecular weight excluding hydrogens is 373 g/mol. The number of hydrogen-bond donors (Lipinski definition) is 1. The van der Waals surface area contributed by atoms with Crippen molar-refractivity contribution in [3.63, 3.8) is 0 Å². The molecule has 1 unspecified atom stereocenters. The van der Waals surface area contributed by atoms with E-state index < -0.39 is 6.04 Å². The molecule has 7 heteroatoms. The minimum Gasteiger partial charge on any atom is -0.338 e. The van der Waals surface area contributed by atoms with Crippen LogP contribution in [0.2, 0.25) is 5.02 Å². The highest BCUT2D eigenvalue weighted by Gasteiger charge is 2.22. The summed E-state index contributed by atoms with van der Waals surface area (Å²) in [6.07, 6.45) is 5.37. The molecule has 2 aromatic carbocycles. The van der Waals surface area contributed by atoms with Crippen LogP contribution in [0.4, 0.5) is 4.39 Å². The Kier molecular flexibility index (Phi) is 5.64. The Bertz CT molecular complexity index is 927. The molecule has 0 bridgehead atoms. The number of carbonyl (C=O) groups is 1. The van der Waals surface area contributed by atoms with Gasteiger partial charge in [0.1, 0.15) is 17.7 Å². The molecule has 4 nitrogen and oxygen atoms in total. The van der Waals surface area contributed by atoms with Gasteiger partial charge in [-0.25, -0.2) is 9.37 Å². The first kappa shape index (κ1) is 18.5. The highest BCUT2D eigenvalue weighted by Crippen LogP contribution is 2.26. The fourth-order valence-corrected chi connectivity index (χ4v) is 3.26. The van der Waals surface area contributed by atoms with Gasteiger partial charge >= 0.3 is 0 Å². The Morgan fingerprint density at radius 1 is 1.27 bits per heavy atom. The smallest absolute Gasteiger partial charge is 0.253 e. The van der Waals surface area contributed by atoms with E-state index in [0.29, 0.717) is 16.4 Å². The molecule has 1 aromatic heterocycles. The second-order valence-corrected chi connectivity index (χ2v) is 6.99. The highest BCUT2D eigenvalue weighted by molar-refractivity contribution is 7.98. The van der Waals surface area contributed by atoms with Crippen LogP contribution in [-0.4, -0.2) is 21.7 Å². The number of rotatable bonds is 5. The quantitative estimate of drug-likeness (QED) is 0.655. The summed E-state index contributed by atoms with van der Waals surface area (Å²) in [5.41, 5.74) is 1.12. The molecule has 0 fully saturated rings. The van der Waals surface area contributed by atoms with Gasteiger partial charge in [0.2, 0.25) is 0 Å². The minimum atomic E-state index is -0.530. The molecule has 0 saturated heterocycles. The van der Waals surface area contributed by atoms with Crippen molar-refractivity contribution in [3.8, 4) is 0 Å². The molecular formula is C19H17ClFN3OS. The molecule has 0 spiro atoms. The van der Waals surface area contributed by atoms with Crippen molar-refractivity contribution >= 4 is 29.3 Å². The van der Waals surface area contributed by atoms with Gasteiger partial charge in [0.25, 0.3) is 5.91 Å². The molecule has 26 heavy (non-hydrogen) atoms. The van der Waals surface area contributed by atoms with E-state index >= 15 is 0 Å². The number of carbonyl (C=O) groups excluding carboxylic acids is 1. The van der Waals surface area contributed by atoms with E-state index in [2.05, 4.69) is 10.3 Å². The molecule has 3 aromatic rings. The first-order valence-electron chi connectivity index (χ1n) is 7.86. The lowest BCUT2D eigenvalue weighted by Crippen LogP contribution is -2.31. The standard InChI is InChI=1S/C19H17ClFN3OS/c1-24-10-9-22-18(24)17(12-3-5-13(21)6-4-12)23-19(25)15-11-14(26-2)7-8-16(15)20/h3-11,17H,1-2H3,(H,23,25). The Labute approximate surface area is 160 Å². The van der Waals surface area contributed by atoms with E-state index in [-0.39, 0.29) is 11.7 Å². The van der Waals surface area contributed by atoms with E-state index in [4.69, 9.17) is 11.6 Å². The average molecular weight is 390 g/mol. The summed E-state index contributed by atoms with van der Waals surface area (Å²) in [5.74, 6) is -0.0142. The molecule has 0 saturated carbocycles. The molecule has 1 amide bonds. The predicted octanol–water partition coefficient (Wildman–Crippen LogP) is 4.45. The second-order valence-electron chi connectivity index (χ2n) is 5.70. The zero-order valence-corrected chi connectivity index (χ0v) is 15.8. The van der Waals surface area contributed by atoms with Crippen molar-refractivity contribution in [3.05, 3.63) is 82.6 Å². The van der Waals surface area contributed by atoms with E-state index in [1.54, 1.807) is 36.7 Å². The molecule has 1 atom stereocenters. The van der Waals surface area contributed by atoms with Gasteiger partial charge < -0.3 is 9.88 Å². The zero-order chi connectivity index (χ0) is 18.7. The Hall–Kier alpha value is -2.31. The van der Waals surface area contributed by atoms with Crippen molar-refractivity contribution in [2.75, 3.05) is 6.26 Å². The number of nitrogens with zero attached hydrogens (tertiary/aromatic N) is 2. The Morgan fingerprint density at radius 2 is 2.00 bits per heavy atom. The molecule has 134 valence electrons. The van der Waals surface area contributed by atoms with Crippen LogP contribution in [-0.2, 0) is 7.05 Å². The summed E-state index contributed by atoms with van der Waals surface area (Å²) in [5, 5.41) is 3.34. The second kappa shape index (κ2) is 7.93. The number of nitrogens with one attached hydrogen (secondary N) is 1. The maximum Gasteiger partial charge on any atom is 0.253 e. The normalized spacial score (nSPS) is 12.0. The van der Waals surface area contributed by atoms with E-state index in [9.17, 15) is 9.18 Å². The van der Waals surface area contributed by atoms with Crippen molar-refractivity contribution in [1.29, 1.82) is 0 Å². The van der Waals surface area contributed by atoms with Crippen LogP contribution in [0.25, 0.3) is 0 Å². The number of hydrogen-bond acceptors (Lipinski definition) is 3. The van der Waals surface area contributed by atoms with Crippen molar-refractivity contribution in [1.82, 2.24) is 14.9 Å². The van der Waals surface area contributed by atoms with Gasteiger partial charge in [-0.1, -0.05) is 23.7 Å². The maximum atomic E-state index is 13.3. The minimum absolute atomic E-state index is 0.316. The lowest BCUT2D eigenvalue weighted by Gasteiger charge is -2.20. The molecule has 0 aliphatic rings. The van der Waals surface area contributed by atoms with Crippen LogP contribution in [0.5, 0.6) is 0 Å². The first-order chi connectivity index (χ1) is 12.5. The number of amides is 1.